The van der Waals surface area contributed by atoms with E-state index in [9.17, 15) is 9.59 Å². The molecule has 0 bridgehead atoms. The maximum Gasteiger partial charge on any atom is 0.328 e. The lowest BCUT2D eigenvalue weighted by atomic mass is 10.1. The van der Waals surface area contributed by atoms with Gasteiger partial charge in [-0.15, -0.1) is 0 Å². The van der Waals surface area contributed by atoms with Crippen molar-refractivity contribution in [1.82, 2.24) is 5.32 Å². The molecule has 130 valence electrons. The zero-order valence-corrected chi connectivity index (χ0v) is 15.6. The van der Waals surface area contributed by atoms with Crippen molar-refractivity contribution in [3.05, 3.63) is 60.2 Å². The Kier molecular flexibility index (Phi) is 5.04. The summed E-state index contributed by atoms with van der Waals surface area (Å²) in [5, 5.41) is 5.47. The molecule has 1 unspecified atom stereocenters. The van der Waals surface area contributed by atoms with Crippen molar-refractivity contribution >= 4 is 30.3 Å². The van der Waals surface area contributed by atoms with Crippen LogP contribution in [0.3, 0.4) is 0 Å². The van der Waals surface area contributed by atoms with Gasteiger partial charge in [-0.2, -0.15) is 0 Å². The van der Waals surface area contributed by atoms with Crippen molar-refractivity contribution in [3.63, 3.8) is 0 Å². The molecule has 3 rings (SSSR count). The van der Waals surface area contributed by atoms with Gasteiger partial charge in [0.2, 0.25) is 5.91 Å². The Hall–Kier alpha value is -2.40. The number of cyclic esters (lactones) is 1. The summed E-state index contributed by atoms with van der Waals surface area (Å²) in [6, 6.07) is 18.4. The molecule has 4 nitrogen and oxygen atoms in total. The molecule has 2 aromatic carbocycles. The molecule has 1 saturated heterocycles. The molecule has 2 aromatic rings. The first-order valence-electron chi connectivity index (χ1n) is 8.58. The van der Waals surface area contributed by atoms with Crippen molar-refractivity contribution < 1.29 is 14.3 Å². The molecule has 0 saturated carbocycles. The second-order valence-electron chi connectivity index (χ2n) is 6.94. The molecule has 1 aliphatic rings. The van der Waals surface area contributed by atoms with E-state index in [0.29, 0.717) is 13.0 Å². The van der Waals surface area contributed by atoms with Crippen molar-refractivity contribution in [2.45, 2.75) is 32.0 Å². The number of carbonyl (C=O) groups is 2. The first kappa shape index (κ1) is 17.4. The van der Waals surface area contributed by atoms with Gasteiger partial charge in [-0.1, -0.05) is 78.1 Å². The van der Waals surface area contributed by atoms with E-state index in [-0.39, 0.29) is 18.3 Å². The molecule has 1 fully saturated rings. The highest BCUT2D eigenvalue weighted by Crippen LogP contribution is 2.09. The molecular formula is C20H23NO3Si. The average molecular weight is 353 g/mol. The van der Waals surface area contributed by atoms with Gasteiger partial charge in [0.15, 0.2) is 0 Å². The summed E-state index contributed by atoms with van der Waals surface area (Å²) >= 11 is 0. The number of hydrogen-bond donors (Lipinski definition) is 1. The molecule has 0 spiro atoms. The molecule has 1 heterocycles. The maximum absolute atomic E-state index is 12.1. The number of carbonyl (C=O) groups excluding carboxylic acids is 2. The second kappa shape index (κ2) is 7.23. The largest absolute Gasteiger partial charge is 0.464 e. The van der Waals surface area contributed by atoms with E-state index >= 15 is 0 Å². The smallest absolute Gasteiger partial charge is 0.328 e. The summed E-state index contributed by atoms with van der Waals surface area (Å²) < 4.78 is 4.86. The van der Waals surface area contributed by atoms with E-state index in [4.69, 9.17) is 4.74 Å². The Morgan fingerprint density at radius 2 is 1.72 bits per heavy atom. The summed E-state index contributed by atoms with van der Waals surface area (Å²) in [4.78, 5) is 23.5. The van der Waals surface area contributed by atoms with Crippen molar-refractivity contribution in [3.8, 4) is 0 Å². The Morgan fingerprint density at radius 3 is 2.32 bits per heavy atom. The molecule has 0 aromatic heterocycles. The Morgan fingerprint density at radius 1 is 1.08 bits per heavy atom. The van der Waals surface area contributed by atoms with Gasteiger partial charge >= 0.3 is 5.97 Å². The van der Waals surface area contributed by atoms with Crippen LogP contribution in [-0.4, -0.2) is 32.6 Å². The minimum Gasteiger partial charge on any atom is -0.464 e. The number of nitrogens with one attached hydrogen (secondary N) is 1. The number of benzene rings is 2. The molecule has 1 amide bonds. The zero-order valence-electron chi connectivity index (χ0n) is 14.6. The van der Waals surface area contributed by atoms with Gasteiger partial charge in [-0.3, -0.25) is 4.79 Å². The lowest BCUT2D eigenvalue weighted by Gasteiger charge is -2.23. The van der Waals surface area contributed by atoms with Crippen LogP contribution in [0.1, 0.15) is 12.0 Å². The lowest BCUT2D eigenvalue weighted by Crippen LogP contribution is -2.52. The summed E-state index contributed by atoms with van der Waals surface area (Å²) in [7, 11) is -1.72. The van der Waals surface area contributed by atoms with Gasteiger partial charge in [-0.05, 0) is 5.56 Å². The van der Waals surface area contributed by atoms with Gasteiger partial charge in [0.25, 0.3) is 0 Å². The number of hydrogen-bond acceptors (Lipinski definition) is 3. The maximum atomic E-state index is 12.1. The summed E-state index contributed by atoms with van der Waals surface area (Å²) in [5.74, 6) is -0.476. The second-order valence-corrected chi connectivity index (χ2v) is 11.3. The lowest BCUT2D eigenvalue weighted by molar-refractivity contribution is -0.141. The molecule has 0 aliphatic carbocycles. The van der Waals surface area contributed by atoms with Crippen LogP contribution in [0.5, 0.6) is 0 Å². The van der Waals surface area contributed by atoms with Gasteiger partial charge in [0.05, 0.1) is 13.0 Å². The van der Waals surface area contributed by atoms with Gasteiger partial charge in [0.1, 0.15) is 14.1 Å². The average Bonchev–Trinajstić information content (AvgIpc) is 3.01. The minimum atomic E-state index is -1.72. The molecule has 5 heteroatoms. The molecule has 0 radical (unpaired) electrons. The van der Waals surface area contributed by atoms with Crippen LogP contribution in [0, 0.1) is 0 Å². The molecule has 25 heavy (non-hydrogen) atoms. The van der Waals surface area contributed by atoms with Crippen LogP contribution in [0.15, 0.2) is 54.6 Å². The third-order valence-corrected chi connectivity index (χ3v) is 8.36. The van der Waals surface area contributed by atoms with E-state index in [2.05, 4.69) is 54.8 Å². The van der Waals surface area contributed by atoms with E-state index < -0.39 is 14.1 Å². The monoisotopic (exact) mass is 353 g/mol. The fourth-order valence-electron chi connectivity index (χ4n) is 3.12. The molecular weight excluding hydrogens is 330 g/mol. The van der Waals surface area contributed by atoms with Crippen molar-refractivity contribution in [1.29, 1.82) is 0 Å². The molecule has 1 aliphatic heterocycles. The van der Waals surface area contributed by atoms with Crippen LogP contribution >= 0.6 is 0 Å². The summed E-state index contributed by atoms with van der Waals surface area (Å²) in [5.41, 5.74) is 0.950. The van der Waals surface area contributed by atoms with Crippen LogP contribution < -0.4 is 15.7 Å². The number of ether oxygens (including phenoxy) is 1. The fourth-order valence-corrected chi connectivity index (χ4v) is 5.48. The predicted octanol–water partition coefficient (Wildman–Crippen LogP) is 1.48. The number of rotatable bonds is 5. The third kappa shape index (κ3) is 3.99. The van der Waals surface area contributed by atoms with E-state index in [1.807, 2.05) is 18.2 Å². The molecule has 1 atom stereocenters. The number of amides is 1. The quantitative estimate of drug-likeness (QED) is 0.654. The van der Waals surface area contributed by atoms with E-state index in [0.717, 1.165) is 5.56 Å². The SMILES string of the molecule is C[Si](C)(c1ccccc1)c1ccc(CC(=O)NC2CCOC2=O)cc1. The topological polar surface area (TPSA) is 55.4 Å². The predicted molar refractivity (Wildman–Crippen MR) is 101 cm³/mol. The highest BCUT2D eigenvalue weighted by molar-refractivity contribution is 7.00. The first-order valence-corrected chi connectivity index (χ1v) is 11.6. The van der Waals surface area contributed by atoms with Crippen molar-refractivity contribution in [2.24, 2.45) is 0 Å². The normalized spacial score (nSPS) is 17.2. The fraction of sp³-hybridized carbons (Fsp3) is 0.300. The summed E-state index contributed by atoms with van der Waals surface area (Å²) in [6.07, 6.45) is 0.831. The minimum absolute atomic E-state index is 0.142. The highest BCUT2D eigenvalue weighted by atomic mass is 28.3. The number of esters is 1. The standard InChI is InChI=1S/C20H23NO3Si/c1-25(2,16-6-4-3-5-7-16)17-10-8-15(9-11-17)14-19(22)21-18-12-13-24-20(18)23/h3-11,18H,12-14H2,1-2H3,(H,21,22). The van der Waals surface area contributed by atoms with Crippen molar-refractivity contribution in [2.75, 3.05) is 6.61 Å². The van der Waals surface area contributed by atoms with Gasteiger partial charge < -0.3 is 10.1 Å². The first-order chi connectivity index (χ1) is 12.0. The van der Waals surface area contributed by atoms with Crippen LogP contribution in [0.2, 0.25) is 13.1 Å². The Labute approximate surface area is 149 Å². The van der Waals surface area contributed by atoms with Gasteiger partial charge in [0, 0.05) is 6.42 Å². The van der Waals surface area contributed by atoms with Crippen LogP contribution in [0.25, 0.3) is 0 Å². The van der Waals surface area contributed by atoms with E-state index in [1.165, 1.54) is 10.4 Å². The molecule has 1 N–H and O–H groups in total. The van der Waals surface area contributed by atoms with Crippen LogP contribution in [0.4, 0.5) is 0 Å². The Bertz CT molecular complexity index is 756. The highest BCUT2D eigenvalue weighted by Gasteiger charge is 2.28. The Balaban J connectivity index is 1.66. The third-order valence-electron chi connectivity index (χ3n) is 4.81. The summed E-state index contributed by atoms with van der Waals surface area (Å²) in [6.45, 7) is 5.04. The van der Waals surface area contributed by atoms with Crippen LogP contribution in [-0.2, 0) is 20.7 Å². The zero-order chi connectivity index (χ0) is 17.9. The van der Waals surface area contributed by atoms with E-state index in [1.54, 1.807) is 0 Å². The van der Waals surface area contributed by atoms with Gasteiger partial charge in [-0.25, -0.2) is 4.79 Å².